The molecule has 0 spiro atoms. The predicted octanol–water partition coefficient (Wildman–Crippen LogP) is -1.09. The van der Waals surface area contributed by atoms with Gasteiger partial charge in [-0.25, -0.2) is 0 Å². The molecule has 20 heavy (non-hydrogen) atoms. The van der Waals surface area contributed by atoms with E-state index in [9.17, 15) is 9.90 Å². The van der Waals surface area contributed by atoms with Crippen molar-refractivity contribution < 1.29 is 19.5 Å². The van der Waals surface area contributed by atoms with E-state index in [-0.39, 0.29) is 5.56 Å². The van der Waals surface area contributed by atoms with Crippen molar-refractivity contribution in [3.05, 3.63) is 28.8 Å². The third kappa shape index (κ3) is 4.10. The lowest BCUT2D eigenvalue weighted by Gasteiger charge is -2.29. The maximum Gasteiger partial charge on any atom is 0.128 e. The molecular weight excluding hydrogens is 280 g/mol. The number of aromatic carboxylic acids is 1. The minimum absolute atomic E-state index is 0.000298. The maximum absolute atomic E-state index is 11.0. The van der Waals surface area contributed by atoms with E-state index in [0.717, 1.165) is 32.7 Å². The summed E-state index contributed by atoms with van der Waals surface area (Å²) < 4.78 is 5.56. The summed E-state index contributed by atoms with van der Waals surface area (Å²) in [7, 11) is 2.19. The Morgan fingerprint density at radius 2 is 2.15 bits per heavy atom. The monoisotopic (exact) mass is 298 g/mol. The van der Waals surface area contributed by atoms with Crippen molar-refractivity contribution in [1.82, 2.24) is 4.90 Å². The second-order valence-corrected chi connectivity index (χ2v) is 5.51. The van der Waals surface area contributed by atoms with Crippen molar-refractivity contribution in [2.24, 2.45) is 0 Å². The number of carbonyl (C=O) groups excluding carboxylic acids is 1. The van der Waals surface area contributed by atoms with Gasteiger partial charge in [-0.2, -0.15) is 0 Å². The minimum atomic E-state index is -1.27. The highest BCUT2D eigenvalue weighted by Crippen LogP contribution is 2.22. The van der Waals surface area contributed by atoms with Crippen molar-refractivity contribution >= 4 is 17.6 Å². The third-order valence-corrected chi connectivity index (χ3v) is 3.77. The molecule has 5 nitrogen and oxygen atoms in total. The second-order valence-electron chi connectivity index (χ2n) is 5.08. The SMILES string of the molecule is C[NH+]1CCN(CCOc2ccc(Cl)cc2C(=O)[O-])CC1. The summed E-state index contributed by atoms with van der Waals surface area (Å²) in [5, 5.41) is 11.4. The summed E-state index contributed by atoms with van der Waals surface area (Å²) in [5.41, 5.74) is 0.000298. The molecule has 6 heteroatoms. The van der Waals surface area contributed by atoms with Crippen LogP contribution < -0.4 is 14.7 Å². The molecule has 1 aliphatic heterocycles. The number of likely N-dealkylation sites (N-methyl/N-ethyl adjacent to an activating group) is 1. The van der Waals surface area contributed by atoms with Crippen LogP contribution in [-0.2, 0) is 0 Å². The fraction of sp³-hybridized carbons (Fsp3) is 0.500. The standard InChI is InChI=1S/C14H19ClN2O3/c1-16-4-6-17(7-5-16)8-9-20-13-3-2-11(15)10-12(13)14(18)19/h2-3,10H,4-9H2,1H3,(H,18,19). The first-order chi connectivity index (χ1) is 9.56. The number of rotatable bonds is 5. The molecule has 0 aliphatic carbocycles. The van der Waals surface area contributed by atoms with Crippen LogP contribution >= 0.6 is 11.6 Å². The Morgan fingerprint density at radius 3 is 2.80 bits per heavy atom. The first-order valence-electron chi connectivity index (χ1n) is 6.73. The lowest BCUT2D eigenvalue weighted by molar-refractivity contribution is -0.884. The zero-order chi connectivity index (χ0) is 14.5. The van der Waals surface area contributed by atoms with E-state index in [4.69, 9.17) is 16.3 Å². The molecule has 0 atom stereocenters. The van der Waals surface area contributed by atoms with Crippen LogP contribution in [-0.4, -0.2) is 57.2 Å². The molecule has 0 radical (unpaired) electrons. The summed E-state index contributed by atoms with van der Waals surface area (Å²) in [5.74, 6) is -0.958. The summed E-state index contributed by atoms with van der Waals surface area (Å²) in [4.78, 5) is 14.9. The van der Waals surface area contributed by atoms with Crippen LogP contribution in [0.15, 0.2) is 18.2 Å². The lowest BCUT2D eigenvalue weighted by atomic mass is 10.2. The number of nitrogens with one attached hydrogen (secondary N) is 1. The van der Waals surface area contributed by atoms with Crippen molar-refractivity contribution in [3.8, 4) is 5.75 Å². The van der Waals surface area contributed by atoms with Crippen molar-refractivity contribution in [1.29, 1.82) is 0 Å². The van der Waals surface area contributed by atoms with Crippen molar-refractivity contribution in [2.75, 3.05) is 46.4 Å². The quantitative estimate of drug-likeness (QED) is 0.751. The van der Waals surface area contributed by atoms with Gasteiger partial charge in [0.05, 0.1) is 26.1 Å². The molecular formula is C14H19ClN2O3. The van der Waals surface area contributed by atoms with Crippen molar-refractivity contribution in [3.63, 3.8) is 0 Å². The molecule has 0 amide bonds. The van der Waals surface area contributed by atoms with Gasteiger partial charge in [0, 0.05) is 30.2 Å². The summed E-state index contributed by atoms with van der Waals surface area (Å²) in [6.07, 6.45) is 0. The van der Waals surface area contributed by atoms with Gasteiger partial charge in [0.25, 0.3) is 0 Å². The van der Waals surface area contributed by atoms with Crippen molar-refractivity contribution in [2.45, 2.75) is 0 Å². The van der Waals surface area contributed by atoms with E-state index in [2.05, 4.69) is 11.9 Å². The van der Waals surface area contributed by atoms with Gasteiger partial charge < -0.3 is 19.5 Å². The molecule has 0 unspecified atom stereocenters. The molecule has 0 bridgehead atoms. The largest absolute Gasteiger partial charge is 0.545 e. The average Bonchev–Trinajstić information content (AvgIpc) is 2.42. The van der Waals surface area contributed by atoms with E-state index in [0.29, 0.717) is 17.4 Å². The number of hydrogen-bond acceptors (Lipinski definition) is 4. The summed E-state index contributed by atoms with van der Waals surface area (Å²) in [6, 6.07) is 4.54. The molecule has 2 rings (SSSR count). The number of carboxylic acid groups (broad SMARTS) is 1. The fourth-order valence-corrected chi connectivity index (χ4v) is 2.40. The van der Waals surface area contributed by atoms with E-state index >= 15 is 0 Å². The third-order valence-electron chi connectivity index (χ3n) is 3.54. The zero-order valence-corrected chi connectivity index (χ0v) is 12.3. The zero-order valence-electron chi connectivity index (χ0n) is 11.5. The van der Waals surface area contributed by atoms with E-state index in [1.54, 1.807) is 17.0 Å². The molecule has 1 heterocycles. The van der Waals surface area contributed by atoms with Crippen LogP contribution in [0, 0.1) is 0 Å². The van der Waals surface area contributed by atoms with Crippen LogP contribution in [0.3, 0.4) is 0 Å². The molecule has 110 valence electrons. The Balaban J connectivity index is 1.86. The van der Waals surface area contributed by atoms with Crippen LogP contribution in [0.4, 0.5) is 0 Å². The van der Waals surface area contributed by atoms with Crippen LogP contribution in [0.1, 0.15) is 10.4 Å². The molecule has 1 fully saturated rings. The molecule has 0 saturated carbocycles. The first kappa shape index (κ1) is 15.1. The topological polar surface area (TPSA) is 57.0 Å². The molecule has 1 saturated heterocycles. The Morgan fingerprint density at radius 1 is 1.45 bits per heavy atom. The number of quaternary nitrogens is 1. The number of halogens is 1. The Kier molecular flexibility index (Phi) is 5.23. The Bertz CT molecular complexity index is 473. The molecule has 1 aliphatic rings. The van der Waals surface area contributed by atoms with E-state index in [1.807, 2.05) is 0 Å². The predicted molar refractivity (Wildman–Crippen MR) is 74.3 cm³/mol. The lowest BCUT2D eigenvalue weighted by Crippen LogP contribution is -3.12. The van der Waals surface area contributed by atoms with Gasteiger partial charge in [0.2, 0.25) is 0 Å². The van der Waals surface area contributed by atoms with Gasteiger partial charge in [0.15, 0.2) is 0 Å². The van der Waals surface area contributed by atoms with E-state index in [1.165, 1.54) is 6.07 Å². The number of benzene rings is 1. The highest BCUT2D eigenvalue weighted by atomic mass is 35.5. The minimum Gasteiger partial charge on any atom is -0.545 e. The van der Waals surface area contributed by atoms with Gasteiger partial charge >= 0.3 is 0 Å². The smallest absolute Gasteiger partial charge is 0.128 e. The number of hydrogen-bond donors (Lipinski definition) is 1. The first-order valence-corrected chi connectivity index (χ1v) is 7.11. The molecule has 1 aromatic rings. The maximum atomic E-state index is 11.0. The van der Waals surface area contributed by atoms with Gasteiger partial charge in [0.1, 0.15) is 12.4 Å². The average molecular weight is 299 g/mol. The number of carboxylic acids is 1. The van der Waals surface area contributed by atoms with E-state index < -0.39 is 5.97 Å². The Hall–Kier alpha value is -1.30. The highest BCUT2D eigenvalue weighted by molar-refractivity contribution is 6.31. The van der Waals surface area contributed by atoms with Crippen LogP contribution in [0.5, 0.6) is 5.75 Å². The highest BCUT2D eigenvalue weighted by Gasteiger charge is 2.16. The molecule has 0 aromatic heterocycles. The fourth-order valence-electron chi connectivity index (χ4n) is 2.23. The van der Waals surface area contributed by atoms with Gasteiger partial charge in [-0.05, 0) is 18.2 Å². The number of ether oxygens (including phenoxy) is 1. The number of carbonyl (C=O) groups is 1. The number of piperazine rings is 1. The second kappa shape index (κ2) is 6.92. The number of nitrogens with zero attached hydrogens (tertiary/aromatic N) is 1. The van der Waals surface area contributed by atoms with Gasteiger partial charge in [-0.15, -0.1) is 0 Å². The van der Waals surface area contributed by atoms with Crippen LogP contribution in [0.25, 0.3) is 0 Å². The molecule has 1 N–H and O–H groups in total. The molecule has 1 aromatic carbocycles. The summed E-state index contributed by atoms with van der Waals surface area (Å²) >= 11 is 5.77. The Labute approximate surface area is 123 Å². The normalized spacial score (nSPS) is 17.1. The van der Waals surface area contributed by atoms with Gasteiger partial charge in [-0.1, -0.05) is 11.6 Å². The van der Waals surface area contributed by atoms with Gasteiger partial charge in [-0.3, -0.25) is 4.90 Å². The van der Waals surface area contributed by atoms with Crippen LogP contribution in [0.2, 0.25) is 5.02 Å². The summed E-state index contributed by atoms with van der Waals surface area (Å²) in [6.45, 7) is 5.60.